The quantitative estimate of drug-likeness (QED) is 0.789. The number of hydrogen-bond donors (Lipinski definition) is 1. The van der Waals surface area contributed by atoms with Gasteiger partial charge in [0, 0.05) is 0 Å². The normalized spacial score (nSPS) is 60.9. The summed E-state index contributed by atoms with van der Waals surface area (Å²) < 4.78 is 0. The van der Waals surface area contributed by atoms with Gasteiger partial charge in [-0.05, 0) is 47.5 Å². The molecule has 0 aromatic heterocycles. The molecule has 0 spiro atoms. The van der Waals surface area contributed by atoms with E-state index in [-0.39, 0.29) is 4.83 Å². The standard InChI is InChI=1S/C15H15BrO/c16-14-12-9-6-8-10(12)11(8)13(9)15(14,17)7-4-2-1-3-5-7/h1-5,8-14,17H,6H2. The van der Waals surface area contributed by atoms with Crippen LogP contribution in [0.15, 0.2) is 30.3 Å². The summed E-state index contributed by atoms with van der Waals surface area (Å²) in [6.07, 6.45) is 1.39. The molecule has 8 unspecified atom stereocenters. The molecule has 0 radical (unpaired) electrons. The smallest absolute Gasteiger partial charge is 0.106 e. The van der Waals surface area contributed by atoms with E-state index < -0.39 is 5.60 Å². The van der Waals surface area contributed by atoms with E-state index in [1.54, 1.807) is 0 Å². The molecule has 5 fully saturated rings. The van der Waals surface area contributed by atoms with Crippen LogP contribution in [0.2, 0.25) is 0 Å². The molecule has 2 heteroatoms. The van der Waals surface area contributed by atoms with Crippen molar-refractivity contribution in [3.8, 4) is 0 Å². The van der Waals surface area contributed by atoms with Gasteiger partial charge < -0.3 is 5.11 Å². The van der Waals surface area contributed by atoms with Crippen molar-refractivity contribution in [3.63, 3.8) is 0 Å². The SMILES string of the molecule is OC1(c2ccccc2)C(Br)C2C3CC4C2C4C31. The second kappa shape index (κ2) is 2.65. The monoisotopic (exact) mass is 290 g/mol. The molecule has 17 heavy (non-hydrogen) atoms. The second-order valence-electron chi connectivity index (χ2n) is 6.41. The number of rotatable bonds is 1. The maximum atomic E-state index is 11.3. The number of halogens is 1. The van der Waals surface area contributed by atoms with E-state index in [9.17, 15) is 5.11 Å². The van der Waals surface area contributed by atoms with Crippen molar-refractivity contribution in [2.45, 2.75) is 16.8 Å². The van der Waals surface area contributed by atoms with Crippen LogP contribution < -0.4 is 0 Å². The first-order valence-electron chi connectivity index (χ1n) is 6.66. The van der Waals surface area contributed by atoms with Crippen LogP contribution in [0.25, 0.3) is 0 Å². The third kappa shape index (κ3) is 0.821. The Morgan fingerprint density at radius 3 is 2.47 bits per heavy atom. The van der Waals surface area contributed by atoms with E-state index in [1.807, 2.05) is 18.2 Å². The highest BCUT2D eigenvalue weighted by Gasteiger charge is 2.83. The second-order valence-corrected chi connectivity index (χ2v) is 7.40. The molecule has 6 bridgehead atoms. The van der Waals surface area contributed by atoms with Gasteiger partial charge in [0.15, 0.2) is 0 Å². The Hall–Kier alpha value is -0.340. The molecule has 1 aromatic carbocycles. The maximum absolute atomic E-state index is 11.3. The molecule has 0 heterocycles. The molecule has 8 atom stereocenters. The van der Waals surface area contributed by atoms with E-state index in [1.165, 1.54) is 6.42 Å². The van der Waals surface area contributed by atoms with Gasteiger partial charge in [0.05, 0.1) is 4.83 Å². The Bertz CT molecular complexity index is 501. The van der Waals surface area contributed by atoms with Crippen LogP contribution >= 0.6 is 15.9 Å². The Labute approximate surface area is 109 Å². The lowest BCUT2D eigenvalue weighted by Gasteiger charge is -2.37. The number of alkyl halides is 1. The topological polar surface area (TPSA) is 20.2 Å². The zero-order valence-corrected chi connectivity index (χ0v) is 11.0. The van der Waals surface area contributed by atoms with E-state index >= 15 is 0 Å². The van der Waals surface area contributed by atoms with Crippen LogP contribution in [0.4, 0.5) is 0 Å². The highest BCUT2D eigenvalue weighted by Crippen LogP contribution is 2.84. The van der Waals surface area contributed by atoms with Gasteiger partial charge in [0.25, 0.3) is 0 Å². The Balaban J connectivity index is 1.69. The maximum Gasteiger partial charge on any atom is 0.106 e. The lowest BCUT2D eigenvalue weighted by molar-refractivity contribution is -0.0191. The summed E-state index contributed by atoms with van der Waals surface area (Å²) in [5.74, 6) is 4.86. The summed E-state index contributed by atoms with van der Waals surface area (Å²) >= 11 is 3.84. The van der Waals surface area contributed by atoms with Crippen molar-refractivity contribution < 1.29 is 5.11 Å². The molecular formula is C15H15BrO. The minimum Gasteiger partial charge on any atom is -0.384 e. The van der Waals surface area contributed by atoms with E-state index in [2.05, 4.69) is 28.1 Å². The highest BCUT2D eigenvalue weighted by atomic mass is 79.9. The summed E-state index contributed by atoms with van der Waals surface area (Å²) in [6, 6.07) is 10.3. The summed E-state index contributed by atoms with van der Waals surface area (Å²) in [5.41, 5.74) is 0.536. The van der Waals surface area contributed by atoms with Gasteiger partial charge in [-0.25, -0.2) is 0 Å². The van der Waals surface area contributed by atoms with Crippen molar-refractivity contribution >= 4 is 15.9 Å². The first-order valence-corrected chi connectivity index (χ1v) is 7.58. The molecule has 0 amide bonds. The van der Waals surface area contributed by atoms with Gasteiger partial charge in [-0.15, -0.1) is 0 Å². The first-order chi connectivity index (χ1) is 8.24. The van der Waals surface area contributed by atoms with Gasteiger partial charge in [0.1, 0.15) is 5.60 Å². The predicted molar refractivity (Wildman–Crippen MR) is 68.6 cm³/mol. The molecular weight excluding hydrogens is 276 g/mol. The predicted octanol–water partition coefficient (Wildman–Crippen LogP) is 2.78. The molecule has 88 valence electrons. The molecule has 5 aliphatic carbocycles. The molecule has 0 aliphatic heterocycles. The third-order valence-corrected chi connectivity index (χ3v) is 7.46. The van der Waals surface area contributed by atoms with E-state index in [0.717, 1.165) is 35.2 Å². The van der Waals surface area contributed by atoms with Crippen molar-refractivity contribution in [3.05, 3.63) is 35.9 Å². The van der Waals surface area contributed by atoms with Gasteiger partial charge in [0.2, 0.25) is 0 Å². The molecule has 6 rings (SSSR count). The first kappa shape index (κ1) is 9.57. The number of hydrogen-bond acceptors (Lipinski definition) is 1. The van der Waals surface area contributed by atoms with Crippen LogP contribution in [0.1, 0.15) is 12.0 Å². The number of benzene rings is 1. The molecule has 5 aliphatic rings. The zero-order chi connectivity index (χ0) is 11.4. The lowest BCUT2D eigenvalue weighted by Crippen LogP contribution is -2.42. The fraction of sp³-hybridized carbons (Fsp3) is 0.600. The Morgan fingerprint density at radius 2 is 1.82 bits per heavy atom. The Morgan fingerprint density at radius 1 is 1.06 bits per heavy atom. The van der Waals surface area contributed by atoms with Gasteiger partial charge >= 0.3 is 0 Å². The van der Waals surface area contributed by atoms with Crippen LogP contribution in [0.5, 0.6) is 0 Å². The van der Waals surface area contributed by atoms with Crippen LogP contribution in [0.3, 0.4) is 0 Å². The zero-order valence-electron chi connectivity index (χ0n) is 9.46. The summed E-state index contributed by atoms with van der Waals surface area (Å²) in [6.45, 7) is 0. The van der Waals surface area contributed by atoms with Crippen LogP contribution in [0, 0.1) is 35.5 Å². The van der Waals surface area contributed by atoms with Crippen molar-refractivity contribution in [2.24, 2.45) is 35.5 Å². The molecule has 1 nitrogen and oxygen atoms in total. The van der Waals surface area contributed by atoms with Crippen molar-refractivity contribution in [1.29, 1.82) is 0 Å². The van der Waals surface area contributed by atoms with Gasteiger partial charge in [-0.3, -0.25) is 0 Å². The summed E-state index contributed by atoms with van der Waals surface area (Å²) in [5, 5.41) is 11.3. The number of aliphatic hydroxyl groups is 1. The van der Waals surface area contributed by atoms with Crippen molar-refractivity contribution in [1.82, 2.24) is 0 Å². The van der Waals surface area contributed by atoms with E-state index in [4.69, 9.17) is 0 Å². The average molecular weight is 291 g/mol. The van der Waals surface area contributed by atoms with Gasteiger partial charge in [-0.1, -0.05) is 46.3 Å². The van der Waals surface area contributed by atoms with Crippen LogP contribution in [-0.2, 0) is 5.60 Å². The third-order valence-electron chi connectivity index (χ3n) is 6.15. The van der Waals surface area contributed by atoms with Crippen LogP contribution in [-0.4, -0.2) is 9.93 Å². The van der Waals surface area contributed by atoms with Crippen molar-refractivity contribution in [2.75, 3.05) is 0 Å². The fourth-order valence-corrected chi connectivity index (χ4v) is 7.10. The minimum absolute atomic E-state index is 0.279. The molecule has 1 aromatic rings. The van der Waals surface area contributed by atoms with Gasteiger partial charge in [-0.2, -0.15) is 0 Å². The summed E-state index contributed by atoms with van der Waals surface area (Å²) in [7, 11) is 0. The molecule has 5 saturated carbocycles. The molecule has 0 saturated heterocycles. The highest BCUT2D eigenvalue weighted by molar-refractivity contribution is 9.09. The lowest BCUT2D eigenvalue weighted by atomic mass is 9.78. The Kier molecular flexibility index (Phi) is 1.49. The fourth-order valence-electron chi connectivity index (χ4n) is 5.78. The largest absolute Gasteiger partial charge is 0.384 e. The summed E-state index contributed by atoms with van der Waals surface area (Å²) in [4.78, 5) is 0.279. The average Bonchev–Trinajstić information content (AvgIpc) is 2.76. The minimum atomic E-state index is -0.594. The van der Waals surface area contributed by atoms with E-state index in [0.29, 0.717) is 5.92 Å². The molecule has 1 N–H and O–H groups in total.